The lowest BCUT2D eigenvalue weighted by Crippen LogP contribution is -1.93. The summed E-state index contributed by atoms with van der Waals surface area (Å²) in [6.45, 7) is 0. The van der Waals surface area contributed by atoms with Crippen LogP contribution >= 0.6 is 0 Å². The fourth-order valence-corrected chi connectivity index (χ4v) is 0.604. The Morgan fingerprint density at radius 1 is 1.17 bits per heavy atom. The minimum absolute atomic E-state index is 0.0741. The molecule has 0 unspecified atom stereocenters. The van der Waals surface area contributed by atoms with Crippen molar-refractivity contribution >= 4 is 5.97 Å². The van der Waals surface area contributed by atoms with Gasteiger partial charge in [-0.15, -0.1) is 12.8 Å². The molecule has 1 aromatic carbocycles. The summed E-state index contributed by atoms with van der Waals surface area (Å²) in [5.41, 5.74) is 0.179. The zero-order chi connectivity index (χ0) is 9.56. The van der Waals surface area contributed by atoms with Gasteiger partial charge in [-0.2, -0.15) is 0 Å². The lowest BCUT2D eigenvalue weighted by atomic mass is 10.2. The minimum atomic E-state index is -0.986. The third-order valence-corrected chi connectivity index (χ3v) is 1.11. The first-order valence-corrected chi connectivity index (χ1v) is 3.06. The maximum atomic E-state index is 10.2. The van der Waals surface area contributed by atoms with E-state index in [0.29, 0.717) is 0 Å². The zero-order valence-corrected chi connectivity index (χ0v) is 6.27. The number of carboxylic acids is 1. The van der Waals surface area contributed by atoms with Crippen LogP contribution in [0.5, 0.6) is 5.75 Å². The fraction of sp³-hybridized carbons (Fsp3) is 0. The molecule has 0 atom stereocenters. The number of hydrogen-bond donors (Lipinski definition) is 2. The SMILES string of the molecule is C#C.O=C(O)c1ccc(O)cc1. The number of phenols is 1. The first kappa shape index (κ1) is 10.0. The first-order valence-electron chi connectivity index (χ1n) is 3.06. The second kappa shape index (κ2) is 4.80. The number of terminal acetylenes is 1. The first-order chi connectivity index (χ1) is 5.70. The van der Waals surface area contributed by atoms with Crippen LogP contribution in [0.3, 0.4) is 0 Å². The average molecular weight is 164 g/mol. The normalized spacial score (nSPS) is 7.83. The van der Waals surface area contributed by atoms with Crippen LogP contribution < -0.4 is 0 Å². The van der Waals surface area contributed by atoms with Crippen molar-refractivity contribution in [2.45, 2.75) is 0 Å². The Morgan fingerprint density at radius 2 is 1.58 bits per heavy atom. The molecule has 1 aromatic rings. The lowest BCUT2D eigenvalue weighted by molar-refractivity contribution is 0.0697. The number of phenolic OH excluding ortho intramolecular Hbond substituents is 1. The van der Waals surface area contributed by atoms with Crippen LogP contribution in [0, 0.1) is 12.8 Å². The second-order valence-electron chi connectivity index (χ2n) is 1.85. The predicted octanol–water partition coefficient (Wildman–Crippen LogP) is 1.34. The molecule has 62 valence electrons. The highest BCUT2D eigenvalue weighted by atomic mass is 16.4. The molecule has 0 aliphatic heterocycles. The van der Waals surface area contributed by atoms with E-state index in [1.54, 1.807) is 0 Å². The van der Waals surface area contributed by atoms with Gasteiger partial charge in [0.1, 0.15) is 5.75 Å². The Balaban J connectivity index is 0.000000561. The molecule has 2 N–H and O–H groups in total. The van der Waals surface area contributed by atoms with Crippen LogP contribution in [0.15, 0.2) is 24.3 Å². The highest BCUT2D eigenvalue weighted by Gasteiger charge is 1.99. The third-order valence-electron chi connectivity index (χ3n) is 1.11. The molecular formula is C9H8O3. The smallest absolute Gasteiger partial charge is 0.335 e. The van der Waals surface area contributed by atoms with Crippen molar-refractivity contribution < 1.29 is 15.0 Å². The van der Waals surface area contributed by atoms with Crippen molar-refractivity contribution in [3.63, 3.8) is 0 Å². The summed E-state index contributed by atoms with van der Waals surface area (Å²) in [6.07, 6.45) is 8.00. The average Bonchev–Trinajstić information content (AvgIpc) is 2.09. The molecule has 0 aliphatic rings. The second-order valence-corrected chi connectivity index (χ2v) is 1.85. The van der Waals surface area contributed by atoms with E-state index in [1.807, 2.05) is 0 Å². The monoisotopic (exact) mass is 164 g/mol. The summed E-state index contributed by atoms with van der Waals surface area (Å²) in [4.78, 5) is 10.2. The maximum Gasteiger partial charge on any atom is 0.335 e. The van der Waals surface area contributed by atoms with Gasteiger partial charge in [-0.05, 0) is 24.3 Å². The Morgan fingerprint density at radius 3 is 1.92 bits per heavy atom. The van der Waals surface area contributed by atoms with E-state index in [2.05, 4.69) is 12.8 Å². The molecule has 12 heavy (non-hydrogen) atoms. The van der Waals surface area contributed by atoms with Gasteiger partial charge >= 0.3 is 5.97 Å². The molecule has 0 radical (unpaired) electrons. The van der Waals surface area contributed by atoms with Crippen LogP contribution in [-0.4, -0.2) is 16.2 Å². The van der Waals surface area contributed by atoms with Crippen LogP contribution in [0.4, 0.5) is 0 Å². The van der Waals surface area contributed by atoms with Crippen molar-refractivity contribution in [2.75, 3.05) is 0 Å². The van der Waals surface area contributed by atoms with Gasteiger partial charge in [-0.3, -0.25) is 0 Å². The molecule has 0 heterocycles. The van der Waals surface area contributed by atoms with Crippen molar-refractivity contribution in [3.05, 3.63) is 29.8 Å². The van der Waals surface area contributed by atoms with Gasteiger partial charge in [0.25, 0.3) is 0 Å². The summed E-state index contributed by atoms with van der Waals surface area (Å²) in [7, 11) is 0. The largest absolute Gasteiger partial charge is 0.508 e. The van der Waals surface area contributed by atoms with Gasteiger partial charge in [0.2, 0.25) is 0 Å². The minimum Gasteiger partial charge on any atom is -0.508 e. The Labute approximate surface area is 70.3 Å². The van der Waals surface area contributed by atoms with E-state index in [0.717, 1.165) is 0 Å². The molecule has 0 aliphatic carbocycles. The molecule has 0 bridgehead atoms. The summed E-state index contributed by atoms with van der Waals surface area (Å²) in [5, 5.41) is 17.1. The van der Waals surface area contributed by atoms with Crippen molar-refractivity contribution in [3.8, 4) is 18.6 Å². The van der Waals surface area contributed by atoms with Gasteiger partial charge < -0.3 is 10.2 Å². The lowest BCUT2D eigenvalue weighted by Gasteiger charge is -1.92. The van der Waals surface area contributed by atoms with Crippen LogP contribution in [0.2, 0.25) is 0 Å². The maximum absolute atomic E-state index is 10.2. The molecule has 3 heteroatoms. The van der Waals surface area contributed by atoms with E-state index in [-0.39, 0.29) is 11.3 Å². The summed E-state index contributed by atoms with van der Waals surface area (Å²) in [6, 6.07) is 5.36. The number of aromatic carboxylic acids is 1. The molecule has 0 aromatic heterocycles. The Hall–Kier alpha value is -1.95. The highest BCUT2D eigenvalue weighted by Crippen LogP contribution is 2.08. The van der Waals surface area contributed by atoms with E-state index in [4.69, 9.17) is 10.2 Å². The molecule has 1 rings (SSSR count). The standard InChI is InChI=1S/C7H6O3.C2H2/c8-6-3-1-5(2-4-6)7(9)10;1-2/h1-4,8H,(H,9,10);1-2H. The molecular weight excluding hydrogens is 156 g/mol. The van der Waals surface area contributed by atoms with E-state index < -0.39 is 5.97 Å². The van der Waals surface area contributed by atoms with Gasteiger partial charge in [-0.1, -0.05) is 0 Å². The van der Waals surface area contributed by atoms with E-state index in [1.165, 1.54) is 24.3 Å². The zero-order valence-electron chi connectivity index (χ0n) is 6.27. The van der Waals surface area contributed by atoms with Crippen molar-refractivity contribution in [2.24, 2.45) is 0 Å². The van der Waals surface area contributed by atoms with Gasteiger partial charge in [-0.25, -0.2) is 4.79 Å². The number of rotatable bonds is 1. The molecule has 0 saturated carbocycles. The van der Waals surface area contributed by atoms with Gasteiger partial charge in [0.15, 0.2) is 0 Å². The summed E-state index contributed by atoms with van der Waals surface area (Å²) >= 11 is 0. The number of benzene rings is 1. The highest BCUT2D eigenvalue weighted by molar-refractivity contribution is 5.87. The number of carbonyl (C=O) groups is 1. The van der Waals surface area contributed by atoms with Crippen LogP contribution in [-0.2, 0) is 0 Å². The Bertz CT molecular complexity index is 272. The van der Waals surface area contributed by atoms with E-state index >= 15 is 0 Å². The molecule has 0 fully saturated rings. The molecule has 0 amide bonds. The Kier molecular flexibility index (Phi) is 4.02. The van der Waals surface area contributed by atoms with Crippen LogP contribution in [0.1, 0.15) is 10.4 Å². The topological polar surface area (TPSA) is 57.5 Å². The van der Waals surface area contributed by atoms with Gasteiger partial charge in [0.05, 0.1) is 5.56 Å². The molecule has 0 saturated heterocycles. The van der Waals surface area contributed by atoms with E-state index in [9.17, 15) is 4.79 Å². The summed E-state index contributed by atoms with van der Waals surface area (Å²) < 4.78 is 0. The molecule has 3 nitrogen and oxygen atoms in total. The van der Waals surface area contributed by atoms with Crippen molar-refractivity contribution in [1.82, 2.24) is 0 Å². The number of carboxylic acid groups (broad SMARTS) is 1. The van der Waals surface area contributed by atoms with Crippen molar-refractivity contribution in [1.29, 1.82) is 0 Å². The quantitative estimate of drug-likeness (QED) is 0.616. The van der Waals surface area contributed by atoms with Gasteiger partial charge in [0, 0.05) is 0 Å². The fourth-order valence-electron chi connectivity index (χ4n) is 0.604. The van der Waals surface area contributed by atoms with Crippen LogP contribution in [0.25, 0.3) is 0 Å². The summed E-state index contributed by atoms with van der Waals surface area (Å²) in [5.74, 6) is -0.912. The molecule has 0 spiro atoms. The number of aromatic hydroxyl groups is 1. The third kappa shape index (κ3) is 2.76. The predicted molar refractivity (Wildman–Crippen MR) is 45.0 cm³/mol. The number of hydrogen-bond acceptors (Lipinski definition) is 2.